The highest BCUT2D eigenvalue weighted by Gasteiger charge is 2.50. The third-order valence-corrected chi connectivity index (χ3v) is 5.67. The number of nitrogens with one attached hydrogen (secondary N) is 1. The second-order valence-corrected chi connectivity index (χ2v) is 7.79. The summed E-state index contributed by atoms with van der Waals surface area (Å²) in [5.74, 6) is -0.145. The first kappa shape index (κ1) is 19.7. The number of halogens is 3. The molecule has 8 heteroatoms. The summed E-state index contributed by atoms with van der Waals surface area (Å²) in [5.41, 5.74) is 2.41. The second kappa shape index (κ2) is 7.02. The zero-order valence-electron chi connectivity index (χ0n) is 16.2. The van der Waals surface area contributed by atoms with Gasteiger partial charge in [-0.1, -0.05) is 12.1 Å². The summed E-state index contributed by atoms with van der Waals surface area (Å²) in [6.45, 7) is 2.58. The zero-order chi connectivity index (χ0) is 20.8. The fourth-order valence-electron chi connectivity index (χ4n) is 4.30. The molecule has 2 atom stereocenters. The molecule has 2 fully saturated rings. The first-order valence-corrected chi connectivity index (χ1v) is 9.53. The molecule has 154 valence electrons. The van der Waals surface area contributed by atoms with Gasteiger partial charge in [0.15, 0.2) is 0 Å². The fourth-order valence-corrected chi connectivity index (χ4v) is 4.30. The van der Waals surface area contributed by atoms with Crippen molar-refractivity contribution in [3.05, 3.63) is 47.8 Å². The maximum atomic E-state index is 12.6. The minimum atomic E-state index is -4.74. The van der Waals surface area contributed by atoms with Gasteiger partial charge in [0.1, 0.15) is 11.3 Å². The highest BCUT2D eigenvalue weighted by molar-refractivity contribution is 5.88. The number of nitrogens with zero attached hydrogens (tertiary/aromatic N) is 2. The van der Waals surface area contributed by atoms with Crippen molar-refractivity contribution in [1.82, 2.24) is 15.2 Å². The molecule has 0 radical (unpaired) electrons. The molecule has 0 aliphatic carbocycles. The number of hydrogen-bond donors (Lipinski definition) is 1. The average molecular weight is 405 g/mol. The van der Waals surface area contributed by atoms with Gasteiger partial charge in [-0.05, 0) is 61.6 Å². The Morgan fingerprint density at radius 3 is 2.69 bits per heavy atom. The number of likely N-dealkylation sites (tertiary alicyclic amines) is 1. The van der Waals surface area contributed by atoms with Crippen molar-refractivity contribution in [1.29, 1.82) is 0 Å². The Kier molecular flexibility index (Phi) is 4.77. The van der Waals surface area contributed by atoms with E-state index in [1.165, 1.54) is 18.2 Å². The molecular formula is C21H22F3N3O2. The van der Waals surface area contributed by atoms with Gasteiger partial charge in [-0.3, -0.25) is 15.1 Å². The molecule has 0 bridgehead atoms. The van der Waals surface area contributed by atoms with Crippen molar-refractivity contribution < 1.29 is 22.7 Å². The average Bonchev–Trinajstić information content (AvgIpc) is 3.20. The smallest absolute Gasteiger partial charge is 0.406 e. The lowest BCUT2D eigenvalue weighted by molar-refractivity contribution is -0.274. The highest BCUT2D eigenvalue weighted by Crippen LogP contribution is 2.39. The summed E-state index contributed by atoms with van der Waals surface area (Å²) >= 11 is 0. The van der Waals surface area contributed by atoms with Crippen LogP contribution in [0.3, 0.4) is 0 Å². The molecule has 2 aliphatic rings. The number of carbonyl (C=O) groups is 1. The highest BCUT2D eigenvalue weighted by atomic mass is 19.4. The number of hydrogen-bond acceptors (Lipinski definition) is 4. The number of rotatable bonds is 3. The number of amides is 1. The van der Waals surface area contributed by atoms with E-state index in [0.717, 1.165) is 42.8 Å². The van der Waals surface area contributed by atoms with Gasteiger partial charge in [0, 0.05) is 19.3 Å². The number of alkyl halides is 3. The van der Waals surface area contributed by atoms with Crippen LogP contribution in [0.4, 0.5) is 13.2 Å². The standard InChI is InChI=1S/C21H22F3N3O2/c1-13-10-15(14-4-3-5-16(11-14)29-21(22,23)24)12-18(25-13)17-6-7-20(26-17)8-9-27(2)19(20)28/h3-5,10-12,17,26H,6-9H2,1-2H3/t17-,20+/m0/s1. The predicted molar refractivity (Wildman–Crippen MR) is 101 cm³/mol. The Bertz CT molecular complexity index is 947. The third kappa shape index (κ3) is 3.94. The molecular weight excluding hydrogens is 383 g/mol. The fraction of sp³-hybridized carbons (Fsp3) is 0.429. The van der Waals surface area contributed by atoms with Gasteiger partial charge >= 0.3 is 6.36 Å². The van der Waals surface area contributed by atoms with Gasteiger partial charge in [0.05, 0.1) is 11.7 Å². The zero-order valence-corrected chi connectivity index (χ0v) is 16.2. The molecule has 0 unspecified atom stereocenters. The third-order valence-electron chi connectivity index (χ3n) is 5.67. The molecule has 1 spiro atoms. The lowest BCUT2D eigenvalue weighted by atomic mass is 9.96. The SMILES string of the molecule is Cc1cc(-c2cccc(OC(F)(F)F)c2)cc([C@@H]2CC[C@]3(CCN(C)C3=O)N2)n1. The van der Waals surface area contributed by atoms with Crippen LogP contribution >= 0.6 is 0 Å². The van der Waals surface area contributed by atoms with E-state index in [2.05, 4.69) is 15.0 Å². The Labute approximate surface area is 166 Å². The lowest BCUT2D eigenvalue weighted by Crippen LogP contribution is -2.47. The monoisotopic (exact) mass is 405 g/mol. The summed E-state index contributed by atoms with van der Waals surface area (Å²) in [4.78, 5) is 18.9. The molecule has 1 aromatic carbocycles. The van der Waals surface area contributed by atoms with Crippen molar-refractivity contribution in [3.8, 4) is 16.9 Å². The van der Waals surface area contributed by atoms with Gasteiger partial charge in [-0.15, -0.1) is 13.2 Å². The van der Waals surface area contributed by atoms with Crippen LogP contribution in [0.1, 0.15) is 36.7 Å². The van der Waals surface area contributed by atoms with E-state index < -0.39 is 11.9 Å². The van der Waals surface area contributed by atoms with E-state index >= 15 is 0 Å². The molecule has 2 aliphatic heterocycles. The van der Waals surface area contributed by atoms with Gasteiger partial charge in [0.25, 0.3) is 0 Å². The van der Waals surface area contributed by atoms with Crippen LogP contribution in [0.2, 0.25) is 0 Å². The van der Waals surface area contributed by atoms with Gasteiger partial charge in [-0.25, -0.2) is 0 Å². The van der Waals surface area contributed by atoms with Crippen LogP contribution in [0.15, 0.2) is 36.4 Å². The van der Waals surface area contributed by atoms with Crippen LogP contribution in [0, 0.1) is 6.92 Å². The van der Waals surface area contributed by atoms with Crippen LogP contribution in [-0.4, -0.2) is 41.3 Å². The van der Waals surface area contributed by atoms with E-state index in [9.17, 15) is 18.0 Å². The molecule has 1 aromatic heterocycles. The van der Waals surface area contributed by atoms with Crippen LogP contribution in [-0.2, 0) is 4.79 Å². The number of aryl methyl sites for hydroxylation is 1. The van der Waals surface area contributed by atoms with Crippen LogP contribution in [0.25, 0.3) is 11.1 Å². The molecule has 1 amide bonds. The Hall–Kier alpha value is -2.61. The quantitative estimate of drug-likeness (QED) is 0.839. The molecule has 0 saturated carbocycles. The topological polar surface area (TPSA) is 54.5 Å². The molecule has 2 saturated heterocycles. The van der Waals surface area contributed by atoms with Crippen molar-refractivity contribution in [2.45, 2.75) is 44.1 Å². The van der Waals surface area contributed by atoms with Gasteiger partial charge < -0.3 is 9.64 Å². The maximum Gasteiger partial charge on any atom is 0.573 e. The van der Waals surface area contributed by atoms with E-state index in [1.54, 1.807) is 11.0 Å². The largest absolute Gasteiger partial charge is 0.573 e. The first-order valence-electron chi connectivity index (χ1n) is 9.53. The minimum absolute atomic E-state index is 0.0706. The molecule has 1 N–H and O–H groups in total. The summed E-state index contributed by atoms with van der Waals surface area (Å²) in [7, 11) is 1.81. The Balaban J connectivity index is 1.61. The number of carbonyl (C=O) groups excluding carboxylic acids is 1. The van der Waals surface area contributed by atoms with E-state index in [0.29, 0.717) is 5.56 Å². The second-order valence-electron chi connectivity index (χ2n) is 7.79. The molecule has 29 heavy (non-hydrogen) atoms. The van der Waals surface area contributed by atoms with Crippen LogP contribution < -0.4 is 10.1 Å². The normalized spacial score (nSPS) is 24.5. The summed E-state index contributed by atoms with van der Waals surface area (Å²) in [6.07, 6.45) is -2.43. The number of ether oxygens (including phenoxy) is 1. The molecule has 3 heterocycles. The Morgan fingerprint density at radius 2 is 2.00 bits per heavy atom. The van der Waals surface area contributed by atoms with Crippen molar-refractivity contribution in [2.75, 3.05) is 13.6 Å². The van der Waals surface area contributed by atoms with E-state index in [1.807, 2.05) is 26.1 Å². The minimum Gasteiger partial charge on any atom is -0.406 e. The number of likely N-dealkylation sites (N-methyl/N-ethyl adjacent to an activating group) is 1. The lowest BCUT2D eigenvalue weighted by Gasteiger charge is -2.23. The van der Waals surface area contributed by atoms with Crippen molar-refractivity contribution >= 4 is 5.91 Å². The Morgan fingerprint density at radius 1 is 1.21 bits per heavy atom. The predicted octanol–water partition coefficient (Wildman–Crippen LogP) is 3.98. The molecule has 2 aromatic rings. The van der Waals surface area contributed by atoms with E-state index in [4.69, 9.17) is 0 Å². The summed E-state index contributed by atoms with van der Waals surface area (Å²) in [6, 6.07) is 9.54. The van der Waals surface area contributed by atoms with Crippen LogP contribution in [0.5, 0.6) is 5.75 Å². The van der Waals surface area contributed by atoms with Gasteiger partial charge in [0.2, 0.25) is 5.91 Å². The summed E-state index contributed by atoms with van der Waals surface area (Å²) in [5, 5.41) is 3.48. The van der Waals surface area contributed by atoms with E-state index in [-0.39, 0.29) is 17.7 Å². The van der Waals surface area contributed by atoms with Gasteiger partial charge in [-0.2, -0.15) is 0 Å². The number of benzene rings is 1. The summed E-state index contributed by atoms with van der Waals surface area (Å²) < 4.78 is 41.7. The molecule has 4 rings (SSSR count). The maximum absolute atomic E-state index is 12.6. The number of pyridine rings is 1. The van der Waals surface area contributed by atoms with Crippen molar-refractivity contribution in [2.24, 2.45) is 0 Å². The molecule has 5 nitrogen and oxygen atoms in total. The number of aromatic nitrogens is 1. The van der Waals surface area contributed by atoms with Crippen molar-refractivity contribution in [3.63, 3.8) is 0 Å². The first-order chi connectivity index (χ1) is 13.7.